The average Bonchev–Trinajstić information content (AvgIpc) is 2.96. The first-order valence-electron chi connectivity index (χ1n) is 8.76. The number of nitrogens with zero attached hydrogens (tertiary/aromatic N) is 3. The van der Waals surface area contributed by atoms with E-state index in [1.807, 2.05) is 31.2 Å². The van der Waals surface area contributed by atoms with Gasteiger partial charge in [-0.25, -0.2) is 9.78 Å². The SMILES string of the molecule is CCn1c(CNC(=O)CCc2c(C)nc(=O)[nH]c2C)nc2ccccc21. The monoisotopic (exact) mass is 353 g/mol. The molecule has 7 nitrogen and oxygen atoms in total. The first-order chi connectivity index (χ1) is 12.5. The van der Waals surface area contributed by atoms with E-state index in [0.717, 1.165) is 34.7 Å². The molecule has 0 saturated carbocycles. The summed E-state index contributed by atoms with van der Waals surface area (Å²) in [6.07, 6.45) is 0.874. The Balaban J connectivity index is 1.64. The van der Waals surface area contributed by atoms with Crippen molar-refractivity contribution in [3.63, 3.8) is 0 Å². The predicted octanol–water partition coefficient (Wildman–Crippen LogP) is 2.01. The van der Waals surface area contributed by atoms with Gasteiger partial charge in [-0.3, -0.25) is 4.79 Å². The van der Waals surface area contributed by atoms with E-state index in [9.17, 15) is 9.59 Å². The molecule has 2 N–H and O–H groups in total. The van der Waals surface area contributed by atoms with Gasteiger partial charge in [0.2, 0.25) is 5.91 Å². The first kappa shape index (κ1) is 17.8. The Morgan fingerprint density at radius 3 is 2.73 bits per heavy atom. The van der Waals surface area contributed by atoms with Gasteiger partial charge in [0.1, 0.15) is 5.82 Å². The van der Waals surface area contributed by atoms with Crippen LogP contribution in [-0.2, 0) is 24.3 Å². The highest BCUT2D eigenvalue weighted by molar-refractivity contribution is 5.77. The number of aromatic amines is 1. The number of nitrogens with one attached hydrogen (secondary N) is 2. The Labute approximate surface area is 151 Å². The van der Waals surface area contributed by atoms with Gasteiger partial charge in [-0.2, -0.15) is 4.98 Å². The molecule has 1 amide bonds. The molecule has 0 aliphatic carbocycles. The molecule has 3 rings (SSSR count). The fourth-order valence-corrected chi connectivity index (χ4v) is 3.24. The second-order valence-corrected chi connectivity index (χ2v) is 6.27. The van der Waals surface area contributed by atoms with Crippen LogP contribution in [0.15, 0.2) is 29.1 Å². The van der Waals surface area contributed by atoms with Gasteiger partial charge in [-0.1, -0.05) is 12.1 Å². The molecule has 3 aromatic rings. The molecule has 0 atom stereocenters. The van der Waals surface area contributed by atoms with Crippen molar-refractivity contribution in [1.82, 2.24) is 24.8 Å². The number of benzene rings is 1. The van der Waals surface area contributed by atoms with Gasteiger partial charge in [-0.15, -0.1) is 0 Å². The van der Waals surface area contributed by atoms with Crippen LogP contribution in [0, 0.1) is 13.8 Å². The summed E-state index contributed by atoms with van der Waals surface area (Å²) in [5.41, 5.74) is 4.01. The minimum Gasteiger partial charge on any atom is -0.349 e. The lowest BCUT2D eigenvalue weighted by Gasteiger charge is -2.10. The van der Waals surface area contributed by atoms with Crippen molar-refractivity contribution < 1.29 is 4.79 Å². The Morgan fingerprint density at radius 2 is 2.00 bits per heavy atom. The van der Waals surface area contributed by atoms with Crippen LogP contribution >= 0.6 is 0 Å². The molecular weight excluding hydrogens is 330 g/mol. The highest BCUT2D eigenvalue weighted by atomic mass is 16.1. The molecule has 2 heterocycles. The number of fused-ring (bicyclic) bond motifs is 1. The van der Waals surface area contributed by atoms with E-state index in [4.69, 9.17) is 0 Å². The number of imidazole rings is 1. The molecule has 7 heteroatoms. The summed E-state index contributed by atoms with van der Waals surface area (Å²) in [5.74, 6) is 0.796. The number of rotatable bonds is 6. The van der Waals surface area contributed by atoms with Crippen molar-refractivity contribution in [2.24, 2.45) is 0 Å². The lowest BCUT2D eigenvalue weighted by molar-refractivity contribution is -0.121. The summed E-state index contributed by atoms with van der Waals surface area (Å²) in [5, 5.41) is 2.94. The summed E-state index contributed by atoms with van der Waals surface area (Å²) < 4.78 is 2.11. The van der Waals surface area contributed by atoms with Crippen LogP contribution in [-0.4, -0.2) is 25.4 Å². The lowest BCUT2D eigenvalue weighted by atomic mass is 10.1. The molecule has 0 spiro atoms. The van der Waals surface area contributed by atoms with Crippen LogP contribution in [0.2, 0.25) is 0 Å². The molecule has 0 unspecified atom stereocenters. The third kappa shape index (κ3) is 3.66. The predicted molar refractivity (Wildman–Crippen MR) is 99.9 cm³/mol. The van der Waals surface area contributed by atoms with Crippen molar-refractivity contribution in [2.75, 3.05) is 0 Å². The maximum Gasteiger partial charge on any atom is 0.345 e. The number of para-hydroxylation sites is 2. The molecule has 26 heavy (non-hydrogen) atoms. The second-order valence-electron chi connectivity index (χ2n) is 6.27. The Hall–Kier alpha value is -2.96. The molecule has 2 aromatic heterocycles. The second kappa shape index (κ2) is 7.51. The van der Waals surface area contributed by atoms with Crippen LogP contribution < -0.4 is 11.0 Å². The smallest absolute Gasteiger partial charge is 0.345 e. The van der Waals surface area contributed by atoms with Crippen molar-refractivity contribution >= 4 is 16.9 Å². The van der Waals surface area contributed by atoms with E-state index < -0.39 is 0 Å². The van der Waals surface area contributed by atoms with E-state index in [-0.39, 0.29) is 11.6 Å². The number of H-pyrrole nitrogens is 1. The van der Waals surface area contributed by atoms with Gasteiger partial charge >= 0.3 is 5.69 Å². The summed E-state index contributed by atoms with van der Waals surface area (Å²) in [7, 11) is 0. The quantitative estimate of drug-likeness (QED) is 0.709. The molecule has 0 aliphatic heterocycles. The fraction of sp³-hybridized carbons (Fsp3) is 0.368. The molecule has 0 aliphatic rings. The maximum absolute atomic E-state index is 12.3. The molecular formula is C19H23N5O2. The number of amides is 1. The molecule has 0 fully saturated rings. The third-order valence-electron chi connectivity index (χ3n) is 4.55. The van der Waals surface area contributed by atoms with Crippen molar-refractivity contribution in [1.29, 1.82) is 0 Å². The average molecular weight is 353 g/mol. The summed E-state index contributed by atoms with van der Waals surface area (Å²) in [6.45, 7) is 6.87. The first-order valence-corrected chi connectivity index (χ1v) is 8.76. The minimum absolute atomic E-state index is 0.0512. The van der Waals surface area contributed by atoms with Crippen molar-refractivity contribution in [2.45, 2.75) is 46.7 Å². The van der Waals surface area contributed by atoms with E-state index in [0.29, 0.717) is 25.1 Å². The molecule has 0 radical (unpaired) electrons. The zero-order valence-corrected chi connectivity index (χ0v) is 15.3. The van der Waals surface area contributed by atoms with Gasteiger partial charge in [-0.05, 0) is 44.9 Å². The van der Waals surface area contributed by atoms with Crippen molar-refractivity contribution in [3.8, 4) is 0 Å². The maximum atomic E-state index is 12.3. The standard InChI is InChI=1S/C19H23N5O2/c1-4-24-16-8-6-5-7-15(16)23-17(24)11-20-18(25)10-9-14-12(2)21-19(26)22-13(14)3/h5-8H,4,9-11H2,1-3H3,(H,20,25)(H,21,22,26). The van der Waals surface area contributed by atoms with Crippen LogP contribution in [0.5, 0.6) is 0 Å². The van der Waals surface area contributed by atoms with Gasteiger partial charge in [0.05, 0.1) is 17.6 Å². The normalized spacial score (nSPS) is 11.0. The summed E-state index contributed by atoms with van der Waals surface area (Å²) in [6, 6.07) is 7.95. The Kier molecular flexibility index (Phi) is 5.16. The van der Waals surface area contributed by atoms with Gasteiger partial charge in [0.15, 0.2) is 0 Å². The van der Waals surface area contributed by atoms with Gasteiger partial charge < -0.3 is 14.9 Å². The largest absolute Gasteiger partial charge is 0.349 e. The van der Waals surface area contributed by atoms with Gasteiger partial charge in [0, 0.05) is 24.4 Å². The number of hydrogen-bond donors (Lipinski definition) is 2. The number of carbonyl (C=O) groups excluding carboxylic acids is 1. The number of aryl methyl sites for hydroxylation is 3. The highest BCUT2D eigenvalue weighted by Crippen LogP contribution is 2.16. The number of hydrogen-bond acceptors (Lipinski definition) is 4. The van der Waals surface area contributed by atoms with Gasteiger partial charge in [0.25, 0.3) is 0 Å². The summed E-state index contributed by atoms with van der Waals surface area (Å²) in [4.78, 5) is 34.8. The number of carbonyl (C=O) groups is 1. The zero-order chi connectivity index (χ0) is 18.7. The van der Waals surface area contributed by atoms with Crippen molar-refractivity contribution in [3.05, 3.63) is 57.5 Å². The molecule has 0 bridgehead atoms. The topological polar surface area (TPSA) is 92.7 Å². The minimum atomic E-state index is -0.355. The Bertz CT molecular complexity index is 977. The molecule has 136 valence electrons. The van der Waals surface area contributed by atoms with E-state index >= 15 is 0 Å². The lowest BCUT2D eigenvalue weighted by Crippen LogP contribution is -2.25. The van der Waals surface area contributed by atoms with Crippen LogP contribution in [0.1, 0.15) is 36.1 Å². The van der Waals surface area contributed by atoms with E-state index in [1.54, 1.807) is 6.92 Å². The van der Waals surface area contributed by atoms with Crippen LogP contribution in [0.25, 0.3) is 11.0 Å². The molecule has 0 saturated heterocycles. The van der Waals surface area contributed by atoms with E-state index in [1.165, 1.54) is 0 Å². The molecule has 1 aromatic carbocycles. The van der Waals surface area contributed by atoms with E-state index in [2.05, 4.69) is 31.8 Å². The third-order valence-corrected chi connectivity index (χ3v) is 4.55. The highest BCUT2D eigenvalue weighted by Gasteiger charge is 2.12. The summed E-state index contributed by atoms with van der Waals surface area (Å²) >= 11 is 0. The van der Waals surface area contributed by atoms with Crippen LogP contribution in [0.3, 0.4) is 0 Å². The van der Waals surface area contributed by atoms with Crippen LogP contribution in [0.4, 0.5) is 0 Å². The number of aromatic nitrogens is 4. The fourth-order valence-electron chi connectivity index (χ4n) is 3.24. The zero-order valence-electron chi connectivity index (χ0n) is 15.3. The Morgan fingerprint density at radius 1 is 1.23 bits per heavy atom.